The molecule has 3 N–H and O–H groups in total. The highest BCUT2D eigenvalue weighted by Gasteiger charge is 2.08. The Labute approximate surface area is 132 Å². The Morgan fingerprint density at radius 3 is 2.41 bits per heavy atom. The van der Waals surface area contributed by atoms with E-state index in [-0.39, 0.29) is 23.3 Å². The molecule has 6 nitrogen and oxygen atoms in total. The minimum atomic E-state index is -0.350. The van der Waals surface area contributed by atoms with Crippen molar-refractivity contribution in [1.82, 2.24) is 21.2 Å². The number of nitrogens with zero attached hydrogens (tertiary/aromatic N) is 1. The van der Waals surface area contributed by atoms with E-state index in [1.165, 1.54) is 0 Å². The smallest absolute Gasteiger partial charge is 0.257 e. The van der Waals surface area contributed by atoms with Crippen LogP contribution in [0, 0.1) is 0 Å². The van der Waals surface area contributed by atoms with Gasteiger partial charge in [-0.05, 0) is 36.5 Å². The zero-order valence-electron chi connectivity index (χ0n) is 11.6. The van der Waals surface area contributed by atoms with Gasteiger partial charge in [0, 0.05) is 17.5 Å². The van der Waals surface area contributed by atoms with Crippen molar-refractivity contribution in [2.24, 2.45) is 0 Å². The number of rotatable bonds is 3. The van der Waals surface area contributed by atoms with Gasteiger partial charge in [-0.2, -0.15) is 0 Å². The molecule has 0 bridgehead atoms. The highest BCUT2D eigenvalue weighted by molar-refractivity contribution is 7.80. The molecular formula is C15H14N4O2S. The zero-order valence-corrected chi connectivity index (χ0v) is 12.4. The normalized spacial score (nSPS) is 9.64. The van der Waals surface area contributed by atoms with Crippen LogP contribution in [0.1, 0.15) is 16.1 Å². The maximum absolute atomic E-state index is 11.8. The molecule has 112 valence electrons. The molecule has 0 atom stereocenters. The van der Waals surface area contributed by atoms with Gasteiger partial charge in [0.25, 0.3) is 5.91 Å². The molecule has 2 rings (SSSR count). The predicted molar refractivity (Wildman–Crippen MR) is 85.7 cm³/mol. The van der Waals surface area contributed by atoms with Crippen LogP contribution < -0.4 is 16.2 Å². The van der Waals surface area contributed by atoms with E-state index in [1.807, 2.05) is 6.07 Å². The summed E-state index contributed by atoms with van der Waals surface area (Å²) >= 11 is 4.94. The molecule has 1 heterocycles. The molecule has 1 aromatic carbocycles. The van der Waals surface area contributed by atoms with E-state index in [2.05, 4.69) is 21.2 Å². The van der Waals surface area contributed by atoms with Crippen LogP contribution in [-0.2, 0) is 11.2 Å². The summed E-state index contributed by atoms with van der Waals surface area (Å²) in [6, 6.07) is 14.0. The average molecular weight is 314 g/mol. The average Bonchev–Trinajstić information content (AvgIpc) is 2.55. The molecule has 22 heavy (non-hydrogen) atoms. The van der Waals surface area contributed by atoms with E-state index < -0.39 is 0 Å². The van der Waals surface area contributed by atoms with Crippen LogP contribution in [0.15, 0.2) is 54.7 Å². The fourth-order valence-corrected chi connectivity index (χ4v) is 1.78. The van der Waals surface area contributed by atoms with E-state index in [9.17, 15) is 9.59 Å². The number of hydrazine groups is 1. The van der Waals surface area contributed by atoms with Crippen LogP contribution in [0.4, 0.5) is 0 Å². The first-order valence-corrected chi connectivity index (χ1v) is 6.91. The van der Waals surface area contributed by atoms with Crippen LogP contribution in [-0.4, -0.2) is 21.9 Å². The number of hydrogen-bond acceptors (Lipinski definition) is 4. The van der Waals surface area contributed by atoms with Gasteiger partial charge in [0.2, 0.25) is 5.91 Å². The number of hydrogen-bond donors (Lipinski definition) is 3. The summed E-state index contributed by atoms with van der Waals surface area (Å²) in [5.41, 5.74) is 6.00. The molecule has 0 aliphatic carbocycles. The van der Waals surface area contributed by atoms with Crippen molar-refractivity contribution in [3.05, 3.63) is 66.0 Å². The van der Waals surface area contributed by atoms with Crippen molar-refractivity contribution >= 4 is 29.1 Å². The SMILES string of the molecule is O=C(Cc1ccccn1)NNC(=S)NC(=O)c1ccccc1. The number of nitrogens with one attached hydrogen (secondary N) is 3. The molecule has 2 aromatic rings. The minimum absolute atomic E-state index is 0.0169. The lowest BCUT2D eigenvalue weighted by Gasteiger charge is -2.10. The van der Waals surface area contributed by atoms with Gasteiger partial charge in [-0.3, -0.25) is 30.7 Å². The third kappa shape index (κ3) is 4.95. The lowest BCUT2D eigenvalue weighted by Crippen LogP contribution is -2.48. The number of benzene rings is 1. The van der Waals surface area contributed by atoms with Crippen LogP contribution in [0.5, 0.6) is 0 Å². The van der Waals surface area contributed by atoms with Gasteiger partial charge in [0.1, 0.15) is 0 Å². The van der Waals surface area contributed by atoms with Crippen LogP contribution >= 0.6 is 12.2 Å². The largest absolute Gasteiger partial charge is 0.298 e. The molecule has 0 unspecified atom stereocenters. The number of carbonyl (C=O) groups excluding carboxylic acids is 2. The number of pyridine rings is 1. The van der Waals surface area contributed by atoms with Gasteiger partial charge in [-0.1, -0.05) is 24.3 Å². The number of carbonyl (C=O) groups is 2. The molecular weight excluding hydrogens is 300 g/mol. The topological polar surface area (TPSA) is 83.1 Å². The summed E-state index contributed by atoms with van der Waals surface area (Å²) in [7, 11) is 0. The number of aromatic nitrogens is 1. The number of amides is 2. The second-order valence-corrected chi connectivity index (χ2v) is 4.73. The summed E-state index contributed by atoms with van der Waals surface area (Å²) < 4.78 is 0. The fourth-order valence-electron chi connectivity index (χ4n) is 1.63. The number of thiocarbonyl (C=S) groups is 1. The standard InChI is InChI=1S/C15H14N4O2S/c20-13(10-12-8-4-5-9-16-12)18-19-15(22)17-14(21)11-6-2-1-3-7-11/h1-9H,10H2,(H,18,20)(H2,17,19,21,22). The Morgan fingerprint density at radius 2 is 1.73 bits per heavy atom. The maximum atomic E-state index is 11.8. The lowest BCUT2D eigenvalue weighted by molar-refractivity contribution is -0.121. The minimum Gasteiger partial charge on any atom is -0.298 e. The third-order valence-electron chi connectivity index (χ3n) is 2.65. The molecule has 1 aromatic heterocycles. The Morgan fingerprint density at radius 1 is 1.00 bits per heavy atom. The highest BCUT2D eigenvalue weighted by Crippen LogP contribution is 1.97. The summed E-state index contributed by atoms with van der Waals surface area (Å²) in [5, 5.41) is 2.48. The lowest BCUT2D eigenvalue weighted by atomic mass is 10.2. The van der Waals surface area contributed by atoms with Gasteiger partial charge < -0.3 is 0 Å². The molecule has 7 heteroatoms. The van der Waals surface area contributed by atoms with Gasteiger partial charge in [-0.15, -0.1) is 0 Å². The van der Waals surface area contributed by atoms with Gasteiger partial charge in [0.15, 0.2) is 5.11 Å². The van der Waals surface area contributed by atoms with Crippen LogP contribution in [0.3, 0.4) is 0 Å². The van der Waals surface area contributed by atoms with Crippen molar-refractivity contribution in [2.45, 2.75) is 6.42 Å². The van der Waals surface area contributed by atoms with E-state index in [0.29, 0.717) is 11.3 Å². The second kappa shape index (κ2) is 7.84. The van der Waals surface area contributed by atoms with Crippen molar-refractivity contribution in [2.75, 3.05) is 0 Å². The molecule has 0 saturated carbocycles. The Balaban J connectivity index is 1.76. The van der Waals surface area contributed by atoms with E-state index >= 15 is 0 Å². The summed E-state index contributed by atoms with van der Waals surface area (Å²) in [4.78, 5) is 27.6. The molecule has 2 amide bonds. The third-order valence-corrected chi connectivity index (χ3v) is 2.85. The predicted octanol–water partition coefficient (Wildman–Crippen LogP) is 0.960. The Bertz CT molecular complexity index is 662. The second-order valence-electron chi connectivity index (χ2n) is 4.32. The van der Waals surface area contributed by atoms with Gasteiger partial charge in [0.05, 0.1) is 6.42 Å². The highest BCUT2D eigenvalue weighted by atomic mass is 32.1. The molecule has 0 spiro atoms. The zero-order chi connectivity index (χ0) is 15.8. The Kier molecular flexibility index (Phi) is 5.56. The van der Waals surface area contributed by atoms with Crippen molar-refractivity contribution in [3.8, 4) is 0 Å². The van der Waals surface area contributed by atoms with E-state index in [4.69, 9.17) is 12.2 Å². The fraction of sp³-hybridized carbons (Fsp3) is 0.0667. The van der Waals surface area contributed by atoms with Crippen LogP contribution in [0.25, 0.3) is 0 Å². The van der Waals surface area contributed by atoms with Crippen molar-refractivity contribution < 1.29 is 9.59 Å². The molecule has 0 aliphatic rings. The summed E-state index contributed by atoms with van der Waals surface area (Å²) in [5.74, 6) is -0.660. The Hall–Kier alpha value is -2.80. The summed E-state index contributed by atoms with van der Waals surface area (Å²) in [6.07, 6.45) is 1.73. The molecule has 0 fully saturated rings. The molecule has 0 radical (unpaired) electrons. The first kappa shape index (κ1) is 15.6. The quantitative estimate of drug-likeness (QED) is 0.580. The van der Waals surface area contributed by atoms with Crippen molar-refractivity contribution in [1.29, 1.82) is 0 Å². The van der Waals surface area contributed by atoms with Crippen LogP contribution in [0.2, 0.25) is 0 Å². The first-order valence-electron chi connectivity index (χ1n) is 6.50. The van der Waals surface area contributed by atoms with E-state index in [0.717, 1.165) is 0 Å². The maximum Gasteiger partial charge on any atom is 0.257 e. The van der Waals surface area contributed by atoms with Crippen molar-refractivity contribution in [3.63, 3.8) is 0 Å². The monoisotopic (exact) mass is 314 g/mol. The molecule has 0 saturated heterocycles. The van der Waals surface area contributed by atoms with Gasteiger partial charge >= 0.3 is 0 Å². The van der Waals surface area contributed by atoms with E-state index in [1.54, 1.807) is 48.7 Å². The van der Waals surface area contributed by atoms with Gasteiger partial charge in [-0.25, -0.2) is 0 Å². The first-order chi connectivity index (χ1) is 10.6. The molecule has 0 aliphatic heterocycles. The summed E-state index contributed by atoms with van der Waals surface area (Å²) in [6.45, 7) is 0.